The molecular formula is C8H9NO3. The molecule has 1 N–H and O–H groups in total. The number of methoxy groups -OCH3 is 1. The van der Waals surface area contributed by atoms with Crippen molar-refractivity contribution < 1.29 is 14.3 Å². The first-order valence-corrected chi connectivity index (χ1v) is 3.43. The van der Waals surface area contributed by atoms with Crippen molar-refractivity contribution in [3.05, 3.63) is 23.4 Å². The Morgan fingerprint density at radius 3 is 2.75 bits per heavy atom. The highest BCUT2D eigenvalue weighted by Crippen LogP contribution is 2.11. The van der Waals surface area contributed by atoms with Crippen LogP contribution in [0.1, 0.15) is 6.92 Å². The van der Waals surface area contributed by atoms with Crippen LogP contribution in [0.15, 0.2) is 23.4 Å². The van der Waals surface area contributed by atoms with Gasteiger partial charge < -0.3 is 10.1 Å². The third-order valence-electron chi connectivity index (χ3n) is 1.49. The van der Waals surface area contributed by atoms with E-state index >= 15 is 0 Å². The van der Waals surface area contributed by atoms with E-state index in [1.165, 1.54) is 19.3 Å². The van der Waals surface area contributed by atoms with Crippen LogP contribution >= 0.6 is 0 Å². The molecule has 0 fully saturated rings. The average Bonchev–Trinajstić information content (AvgIpc) is 2.30. The molecule has 64 valence electrons. The first-order chi connectivity index (χ1) is 5.63. The Bertz CT molecular complexity index is 289. The molecule has 1 amide bonds. The molecule has 0 bridgehead atoms. The molecule has 0 radical (unpaired) electrons. The molecule has 1 rings (SSSR count). The van der Waals surface area contributed by atoms with Crippen LogP contribution in [0.5, 0.6) is 0 Å². The minimum absolute atomic E-state index is 0.206. The van der Waals surface area contributed by atoms with Gasteiger partial charge in [-0.1, -0.05) is 0 Å². The molecule has 12 heavy (non-hydrogen) atoms. The van der Waals surface area contributed by atoms with Gasteiger partial charge in [0.25, 0.3) is 0 Å². The van der Waals surface area contributed by atoms with Crippen LogP contribution in [0.3, 0.4) is 0 Å². The number of rotatable bonds is 1. The number of hydrogen-bond acceptors (Lipinski definition) is 3. The number of ether oxygens (including phenoxy) is 1. The maximum Gasteiger partial charge on any atom is 0.332 e. The average molecular weight is 167 g/mol. The molecule has 4 heteroatoms. The zero-order chi connectivity index (χ0) is 9.14. The highest BCUT2D eigenvalue weighted by Gasteiger charge is 2.14. The van der Waals surface area contributed by atoms with Gasteiger partial charge in [0, 0.05) is 12.2 Å². The van der Waals surface area contributed by atoms with Crippen LogP contribution in [0.25, 0.3) is 0 Å². The Morgan fingerprint density at radius 1 is 1.67 bits per heavy atom. The van der Waals surface area contributed by atoms with Gasteiger partial charge in [-0.3, -0.25) is 4.79 Å². The van der Waals surface area contributed by atoms with Crippen molar-refractivity contribution in [1.82, 2.24) is 5.32 Å². The predicted molar refractivity (Wildman–Crippen MR) is 42.0 cm³/mol. The first-order valence-electron chi connectivity index (χ1n) is 3.43. The lowest BCUT2D eigenvalue weighted by Crippen LogP contribution is -2.14. The summed E-state index contributed by atoms with van der Waals surface area (Å²) in [6.07, 6.45) is 2.67. The largest absolute Gasteiger partial charge is 0.466 e. The molecule has 0 aliphatic carbocycles. The maximum absolute atomic E-state index is 10.8. The van der Waals surface area contributed by atoms with Crippen molar-refractivity contribution in [2.24, 2.45) is 0 Å². The zero-order valence-corrected chi connectivity index (χ0v) is 6.88. The van der Waals surface area contributed by atoms with E-state index in [-0.39, 0.29) is 5.91 Å². The topological polar surface area (TPSA) is 55.4 Å². The second kappa shape index (κ2) is 3.21. The fraction of sp³-hybridized carbons (Fsp3) is 0.250. The number of esters is 1. The van der Waals surface area contributed by atoms with Crippen LogP contribution in [0.2, 0.25) is 0 Å². The van der Waals surface area contributed by atoms with E-state index in [0.717, 1.165) is 5.57 Å². The summed E-state index contributed by atoms with van der Waals surface area (Å²) in [6, 6.07) is 0. The predicted octanol–water partition coefficient (Wildman–Crippen LogP) is 0.119. The number of hydrogen-bond donors (Lipinski definition) is 1. The Hall–Kier alpha value is -1.58. The Labute approximate surface area is 69.9 Å². The summed E-state index contributed by atoms with van der Waals surface area (Å²) < 4.78 is 4.40. The molecule has 0 aromatic carbocycles. The lowest BCUT2D eigenvalue weighted by molar-refractivity contribution is -0.134. The summed E-state index contributed by atoms with van der Waals surface area (Å²) >= 11 is 0. The molecule has 4 nitrogen and oxygen atoms in total. The standard InChI is InChI=1S/C8H9NO3/c1-5-3-7(10)9-6(5)4-8(11)12-2/h3-4H,1-2H3,(H,9,10)/b6-4+. The molecule has 1 aliphatic heterocycles. The number of amides is 1. The summed E-state index contributed by atoms with van der Waals surface area (Å²) in [5.74, 6) is -0.678. The van der Waals surface area contributed by atoms with E-state index < -0.39 is 5.97 Å². The molecule has 1 heterocycles. The van der Waals surface area contributed by atoms with Gasteiger partial charge in [-0.2, -0.15) is 0 Å². The van der Waals surface area contributed by atoms with Gasteiger partial charge in [-0.05, 0) is 12.5 Å². The minimum atomic E-state index is -0.472. The molecule has 0 unspecified atom stereocenters. The van der Waals surface area contributed by atoms with Gasteiger partial charge in [-0.25, -0.2) is 4.79 Å². The van der Waals surface area contributed by atoms with Crippen molar-refractivity contribution in [3.63, 3.8) is 0 Å². The molecule has 0 spiro atoms. The normalized spacial score (nSPS) is 19.0. The van der Waals surface area contributed by atoms with Gasteiger partial charge >= 0.3 is 5.97 Å². The molecule has 1 aliphatic rings. The summed E-state index contributed by atoms with van der Waals surface area (Å²) in [5.41, 5.74) is 1.25. The van der Waals surface area contributed by atoms with Crippen molar-refractivity contribution in [2.45, 2.75) is 6.92 Å². The third kappa shape index (κ3) is 1.72. The van der Waals surface area contributed by atoms with Crippen LogP contribution in [0, 0.1) is 0 Å². The van der Waals surface area contributed by atoms with Gasteiger partial charge in [0.1, 0.15) is 0 Å². The van der Waals surface area contributed by atoms with Gasteiger partial charge in [0.2, 0.25) is 5.91 Å². The number of carbonyl (C=O) groups is 2. The maximum atomic E-state index is 10.8. The van der Waals surface area contributed by atoms with Crippen LogP contribution in [-0.2, 0) is 14.3 Å². The molecular weight excluding hydrogens is 158 g/mol. The Kier molecular flexibility index (Phi) is 2.28. The van der Waals surface area contributed by atoms with Crippen molar-refractivity contribution >= 4 is 11.9 Å². The van der Waals surface area contributed by atoms with Gasteiger partial charge in [0.15, 0.2) is 0 Å². The van der Waals surface area contributed by atoms with Gasteiger partial charge in [0.05, 0.1) is 12.8 Å². The first kappa shape index (κ1) is 8.52. The molecule has 0 saturated carbocycles. The molecule has 0 aromatic rings. The Morgan fingerprint density at radius 2 is 2.33 bits per heavy atom. The summed E-state index contributed by atoms with van der Waals surface area (Å²) in [6.45, 7) is 1.74. The monoisotopic (exact) mass is 167 g/mol. The molecule has 0 aromatic heterocycles. The van der Waals surface area contributed by atoms with Crippen molar-refractivity contribution in [3.8, 4) is 0 Å². The summed E-state index contributed by atoms with van der Waals surface area (Å²) in [7, 11) is 1.29. The highest BCUT2D eigenvalue weighted by atomic mass is 16.5. The van der Waals surface area contributed by atoms with E-state index in [1.807, 2.05) is 0 Å². The number of carbonyl (C=O) groups excluding carboxylic acids is 2. The fourth-order valence-corrected chi connectivity index (χ4v) is 0.868. The van der Waals surface area contributed by atoms with E-state index in [1.54, 1.807) is 6.92 Å². The van der Waals surface area contributed by atoms with Crippen molar-refractivity contribution in [1.29, 1.82) is 0 Å². The SMILES string of the molecule is COC(=O)/C=C1/NC(=O)C=C1C. The van der Waals surface area contributed by atoms with E-state index in [0.29, 0.717) is 5.70 Å². The highest BCUT2D eigenvalue weighted by molar-refractivity contribution is 5.96. The minimum Gasteiger partial charge on any atom is -0.466 e. The second-order valence-electron chi connectivity index (χ2n) is 2.40. The number of nitrogens with one attached hydrogen (secondary N) is 1. The van der Waals surface area contributed by atoms with E-state index in [4.69, 9.17) is 0 Å². The smallest absolute Gasteiger partial charge is 0.332 e. The zero-order valence-electron chi connectivity index (χ0n) is 6.88. The third-order valence-corrected chi connectivity index (χ3v) is 1.49. The number of allylic oxidation sites excluding steroid dienone is 1. The van der Waals surface area contributed by atoms with Gasteiger partial charge in [-0.15, -0.1) is 0 Å². The summed E-state index contributed by atoms with van der Waals surface area (Å²) in [5, 5.41) is 2.50. The van der Waals surface area contributed by atoms with Crippen LogP contribution < -0.4 is 5.32 Å². The lowest BCUT2D eigenvalue weighted by Gasteiger charge is -1.98. The molecule has 0 atom stereocenters. The molecule has 0 saturated heterocycles. The van der Waals surface area contributed by atoms with E-state index in [9.17, 15) is 9.59 Å². The lowest BCUT2D eigenvalue weighted by atomic mass is 10.2. The van der Waals surface area contributed by atoms with Crippen LogP contribution in [-0.4, -0.2) is 19.0 Å². The second-order valence-corrected chi connectivity index (χ2v) is 2.40. The Balaban J connectivity index is 2.79. The fourth-order valence-electron chi connectivity index (χ4n) is 0.868. The van der Waals surface area contributed by atoms with E-state index in [2.05, 4.69) is 10.1 Å². The quantitative estimate of drug-likeness (QED) is 0.445. The van der Waals surface area contributed by atoms with Crippen molar-refractivity contribution in [2.75, 3.05) is 7.11 Å². The summed E-state index contributed by atoms with van der Waals surface area (Å²) in [4.78, 5) is 21.5. The van der Waals surface area contributed by atoms with Crippen LogP contribution in [0.4, 0.5) is 0 Å².